The molecule has 1 saturated heterocycles. The Morgan fingerprint density at radius 2 is 1.75 bits per heavy atom. The van der Waals surface area contributed by atoms with E-state index in [1.165, 1.54) is 29.2 Å². The van der Waals surface area contributed by atoms with Crippen molar-refractivity contribution in [1.29, 1.82) is 0 Å². The molecule has 3 aliphatic rings. The first-order chi connectivity index (χ1) is 15.3. The number of carbonyl (C=O) groups excluding carboxylic acids is 3. The first-order valence-electron chi connectivity index (χ1n) is 10.5. The molecule has 3 amide bonds. The fraction of sp³-hybridized carbons (Fsp3) is 0.348. The van der Waals surface area contributed by atoms with Crippen LogP contribution in [0, 0.1) is 40.7 Å². The summed E-state index contributed by atoms with van der Waals surface area (Å²) >= 11 is 0. The van der Waals surface area contributed by atoms with E-state index in [0.29, 0.717) is 17.2 Å². The van der Waals surface area contributed by atoms with Crippen molar-refractivity contribution in [1.82, 2.24) is 4.90 Å². The van der Waals surface area contributed by atoms with Crippen molar-refractivity contribution >= 4 is 29.1 Å². The van der Waals surface area contributed by atoms with E-state index in [0.717, 1.165) is 6.42 Å². The number of furan rings is 1. The van der Waals surface area contributed by atoms with Gasteiger partial charge in [-0.2, -0.15) is 0 Å². The van der Waals surface area contributed by atoms with Gasteiger partial charge in [0.2, 0.25) is 17.7 Å². The molecule has 1 aromatic carbocycles. The van der Waals surface area contributed by atoms with E-state index in [2.05, 4.69) is 5.32 Å². The summed E-state index contributed by atoms with van der Waals surface area (Å²) in [7, 11) is 0. The van der Waals surface area contributed by atoms with Gasteiger partial charge in [-0.3, -0.25) is 29.4 Å². The normalized spacial score (nSPS) is 26.5. The number of nitrogens with one attached hydrogen (secondary N) is 1. The van der Waals surface area contributed by atoms with Gasteiger partial charge in [0.15, 0.2) is 0 Å². The third-order valence-corrected chi connectivity index (χ3v) is 6.65. The number of non-ortho nitro benzene ring substituents is 1. The van der Waals surface area contributed by atoms with Crippen LogP contribution in [0.15, 0.2) is 53.0 Å². The minimum atomic E-state index is -0.855. The number of rotatable bonds is 6. The van der Waals surface area contributed by atoms with Crippen molar-refractivity contribution in [2.45, 2.75) is 25.8 Å². The van der Waals surface area contributed by atoms with Crippen LogP contribution in [0.3, 0.4) is 0 Å². The molecule has 5 rings (SSSR count). The highest BCUT2D eigenvalue weighted by Gasteiger charge is 2.60. The molecule has 1 N–H and O–H groups in total. The fourth-order valence-corrected chi connectivity index (χ4v) is 5.24. The van der Waals surface area contributed by atoms with Gasteiger partial charge in [0, 0.05) is 17.8 Å². The second kappa shape index (κ2) is 7.44. The van der Waals surface area contributed by atoms with Crippen LogP contribution in [0.4, 0.5) is 11.4 Å². The molecular weight excluding hydrogens is 414 g/mol. The van der Waals surface area contributed by atoms with E-state index in [9.17, 15) is 24.5 Å². The van der Waals surface area contributed by atoms with Crippen molar-refractivity contribution in [3.8, 4) is 0 Å². The molecule has 1 saturated carbocycles. The standard InChI is InChI=1S/C23H21N3O6/c1-12-2-9-18(32-12)17(11-19(27)24-15-5-7-16(8-6-15)26(30)31)25-22(28)20-13-3-4-14(10-13)21(20)23(25)29/h2-9,13-14,17,20-21H,10-11H2,1H3,(H,24,27). The van der Waals surface area contributed by atoms with Crippen molar-refractivity contribution in [3.05, 3.63) is 70.2 Å². The molecule has 2 bridgehead atoms. The number of carbonyl (C=O) groups is 3. The molecule has 0 radical (unpaired) electrons. The summed E-state index contributed by atoms with van der Waals surface area (Å²) in [4.78, 5) is 50.9. The van der Waals surface area contributed by atoms with Gasteiger partial charge < -0.3 is 9.73 Å². The summed E-state index contributed by atoms with van der Waals surface area (Å²) in [6.45, 7) is 1.75. The van der Waals surface area contributed by atoms with E-state index in [-0.39, 0.29) is 47.6 Å². The number of allylic oxidation sites excluding steroid dienone is 2. The van der Waals surface area contributed by atoms with Crippen LogP contribution >= 0.6 is 0 Å². The number of hydrogen-bond acceptors (Lipinski definition) is 6. The van der Waals surface area contributed by atoms with E-state index in [1.807, 2.05) is 12.2 Å². The van der Waals surface area contributed by atoms with Crippen molar-refractivity contribution in [2.24, 2.45) is 23.7 Å². The maximum atomic E-state index is 13.3. The zero-order valence-corrected chi connectivity index (χ0v) is 17.3. The monoisotopic (exact) mass is 435 g/mol. The van der Waals surface area contributed by atoms with Gasteiger partial charge >= 0.3 is 0 Å². The lowest BCUT2D eigenvalue weighted by atomic mass is 9.85. The number of nitro groups is 1. The average Bonchev–Trinajstić information content (AvgIpc) is 3.52. The molecule has 32 heavy (non-hydrogen) atoms. The summed E-state index contributed by atoms with van der Waals surface area (Å²) in [5.74, 6) is -0.541. The Hall–Kier alpha value is -3.75. The molecule has 9 nitrogen and oxygen atoms in total. The second-order valence-corrected chi connectivity index (χ2v) is 8.57. The maximum Gasteiger partial charge on any atom is 0.269 e. The summed E-state index contributed by atoms with van der Waals surface area (Å²) in [5, 5.41) is 13.5. The Morgan fingerprint density at radius 3 is 2.28 bits per heavy atom. The number of nitro benzene ring substituents is 1. The Morgan fingerprint density at radius 1 is 1.12 bits per heavy atom. The Labute approximate surface area is 183 Å². The lowest BCUT2D eigenvalue weighted by Crippen LogP contribution is -2.38. The highest BCUT2D eigenvalue weighted by molar-refractivity contribution is 6.07. The smallest absolute Gasteiger partial charge is 0.269 e. The van der Waals surface area contributed by atoms with Crippen LogP contribution in [0.25, 0.3) is 0 Å². The zero-order valence-electron chi connectivity index (χ0n) is 17.3. The first kappa shape index (κ1) is 20.2. The highest BCUT2D eigenvalue weighted by atomic mass is 16.6. The maximum absolute atomic E-state index is 13.3. The number of imide groups is 1. The predicted molar refractivity (Wildman–Crippen MR) is 112 cm³/mol. The molecule has 9 heteroatoms. The number of benzene rings is 1. The number of hydrogen-bond donors (Lipinski definition) is 1. The van der Waals surface area contributed by atoms with Crippen LogP contribution in [-0.2, 0) is 14.4 Å². The largest absolute Gasteiger partial charge is 0.464 e. The van der Waals surface area contributed by atoms with Crippen LogP contribution in [0.2, 0.25) is 0 Å². The lowest BCUT2D eigenvalue weighted by Gasteiger charge is -2.26. The van der Waals surface area contributed by atoms with E-state index in [1.54, 1.807) is 19.1 Å². The summed E-state index contributed by atoms with van der Waals surface area (Å²) in [6, 6.07) is 8.01. The molecule has 1 aromatic heterocycles. The van der Waals surface area contributed by atoms with Crippen molar-refractivity contribution in [2.75, 3.05) is 5.32 Å². The quantitative estimate of drug-likeness (QED) is 0.321. The molecule has 5 unspecified atom stereocenters. The van der Waals surface area contributed by atoms with Gasteiger partial charge in [-0.25, -0.2) is 0 Å². The van der Waals surface area contributed by atoms with Gasteiger partial charge in [0.05, 0.1) is 23.2 Å². The number of aryl methyl sites for hydroxylation is 1. The number of anilines is 1. The van der Waals surface area contributed by atoms with Gasteiger partial charge in [-0.1, -0.05) is 12.2 Å². The Kier molecular flexibility index (Phi) is 4.69. The van der Waals surface area contributed by atoms with Gasteiger partial charge in [0.1, 0.15) is 17.6 Å². The first-order valence-corrected chi connectivity index (χ1v) is 10.5. The Balaban J connectivity index is 1.39. The summed E-state index contributed by atoms with van der Waals surface area (Å²) in [5.41, 5.74) is 0.295. The molecule has 2 heterocycles. The average molecular weight is 435 g/mol. The molecular formula is C23H21N3O6. The number of fused-ring (bicyclic) bond motifs is 5. The van der Waals surface area contributed by atoms with Crippen LogP contribution < -0.4 is 5.32 Å². The lowest BCUT2D eigenvalue weighted by molar-refractivity contribution is -0.384. The SMILES string of the molecule is Cc1ccc(C(CC(=O)Nc2ccc([N+](=O)[O-])cc2)N2C(=O)C3C4C=CC(C4)C3C2=O)o1. The molecule has 5 atom stereocenters. The highest BCUT2D eigenvalue weighted by Crippen LogP contribution is 2.54. The van der Waals surface area contributed by atoms with Crippen molar-refractivity contribution < 1.29 is 23.7 Å². The van der Waals surface area contributed by atoms with Crippen molar-refractivity contribution in [3.63, 3.8) is 0 Å². The minimum absolute atomic E-state index is 0.0689. The van der Waals surface area contributed by atoms with Crippen LogP contribution in [-0.4, -0.2) is 27.5 Å². The number of amides is 3. The molecule has 1 aliphatic heterocycles. The molecule has 0 spiro atoms. The molecule has 2 aromatic rings. The summed E-state index contributed by atoms with van der Waals surface area (Å²) < 4.78 is 5.72. The Bertz CT molecular complexity index is 1120. The summed E-state index contributed by atoms with van der Waals surface area (Å²) in [6.07, 6.45) is 4.69. The second-order valence-electron chi connectivity index (χ2n) is 8.57. The van der Waals surface area contributed by atoms with Crippen LogP contribution in [0.1, 0.15) is 30.4 Å². The molecule has 164 valence electrons. The number of likely N-dealkylation sites (tertiary alicyclic amines) is 1. The van der Waals surface area contributed by atoms with Gasteiger partial charge in [-0.15, -0.1) is 0 Å². The zero-order chi connectivity index (χ0) is 22.6. The third-order valence-electron chi connectivity index (χ3n) is 6.65. The van der Waals surface area contributed by atoms with E-state index < -0.39 is 16.9 Å². The molecule has 2 aliphatic carbocycles. The minimum Gasteiger partial charge on any atom is -0.464 e. The fourth-order valence-electron chi connectivity index (χ4n) is 5.24. The van der Waals surface area contributed by atoms with E-state index in [4.69, 9.17) is 4.42 Å². The van der Waals surface area contributed by atoms with Gasteiger partial charge in [-0.05, 0) is 49.4 Å². The van der Waals surface area contributed by atoms with E-state index >= 15 is 0 Å². The third kappa shape index (κ3) is 3.21. The van der Waals surface area contributed by atoms with Crippen LogP contribution in [0.5, 0.6) is 0 Å². The number of nitrogens with zero attached hydrogens (tertiary/aromatic N) is 2. The molecule has 2 fully saturated rings. The van der Waals surface area contributed by atoms with Gasteiger partial charge in [0.25, 0.3) is 5.69 Å². The predicted octanol–water partition coefficient (Wildman–Crippen LogP) is 3.37. The topological polar surface area (TPSA) is 123 Å².